The Hall–Kier alpha value is -1.98. The van der Waals surface area contributed by atoms with Gasteiger partial charge in [0.15, 0.2) is 0 Å². The second-order valence-corrected chi connectivity index (χ2v) is 8.53. The molecule has 1 heterocycles. The maximum atomic E-state index is 4.05. The summed E-state index contributed by atoms with van der Waals surface area (Å²) in [6, 6.07) is 7.30. The fraction of sp³-hybridized carbons (Fsp3) is 0.500. The Labute approximate surface area is 166 Å². The summed E-state index contributed by atoms with van der Waals surface area (Å²) in [6.45, 7) is 14.3. The molecule has 1 aliphatic carbocycles. The molecule has 0 amide bonds. The zero-order chi connectivity index (χ0) is 19.4. The van der Waals surface area contributed by atoms with Crippen LogP contribution in [0.2, 0.25) is 0 Å². The molecule has 0 radical (unpaired) electrons. The van der Waals surface area contributed by atoms with Crippen LogP contribution in [0.4, 0.5) is 0 Å². The molecule has 0 bridgehead atoms. The number of likely N-dealkylation sites (tertiary alicyclic amines) is 1. The Bertz CT molecular complexity index is 775. The van der Waals surface area contributed by atoms with Crippen molar-refractivity contribution in [2.45, 2.75) is 65.8 Å². The quantitative estimate of drug-likeness (QED) is 0.539. The van der Waals surface area contributed by atoms with Crippen LogP contribution in [-0.4, -0.2) is 17.5 Å². The van der Waals surface area contributed by atoms with E-state index in [4.69, 9.17) is 0 Å². The van der Waals surface area contributed by atoms with E-state index in [2.05, 4.69) is 81.3 Å². The van der Waals surface area contributed by atoms with Crippen molar-refractivity contribution in [3.63, 3.8) is 0 Å². The van der Waals surface area contributed by atoms with E-state index in [-0.39, 0.29) is 0 Å². The number of aryl methyl sites for hydroxylation is 3. The molecule has 0 N–H and O–H groups in total. The number of hydrogen-bond donors (Lipinski definition) is 0. The highest BCUT2D eigenvalue weighted by molar-refractivity contribution is 5.31. The van der Waals surface area contributed by atoms with Gasteiger partial charge in [-0.25, -0.2) is 0 Å². The predicted molar refractivity (Wildman–Crippen MR) is 117 cm³/mol. The minimum atomic E-state index is 0.454. The molecule has 0 aromatic heterocycles. The van der Waals surface area contributed by atoms with Crippen molar-refractivity contribution in [3.8, 4) is 0 Å². The normalized spacial score (nSPS) is 23.8. The molecular formula is C26H35N. The van der Waals surface area contributed by atoms with Crippen molar-refractivity contribution in [1.29, 1.82) is 0 Å². The molecule has 1 unspecified atom stereocenters. The van der Waals surface area contributed by atoms with Gasteiger partial charge in [0.2, 0.25) is 0 Å². The van der Waals surface area contributed by atoms with Crippen molar-refractivity contribution in [2.75, 3.05) is 6.54 Å². The molecule has 2 aliphatic rings. The van der Waals surface area contributed by atoms with Crippen LogP contribution in [0, 0.1) is 25.7 Å². The van der Waals surface area contributed by atoms with E-state index in [1.54, 1.807) is 5.57 Å². The molecule has 1 aromatic rings. The lowest BCUT2D eigenvalue weighted by Gasteiger charge is -2.30. The number of allylic oxidation sites excluding steroid dienone is 4. The van der Waals surface area contributed by atoms with E-state index in [0.29, 0.717) is 17.9 Å². The summed E-state index contributed by atoms with van der Waals surface area (Å²) in [7, 11) is 0. The summed E-state index contributed by atoms with van der Waals surface area (Å²) in [5.74, 6) is 1.27. The molecule has 0 spiro atoms. The summed E-state index contributed by atoms with van der Waals surface area (Å²) in [6.07, 6.45) is 13.0. The number of nitrogens with zero attached hydrogens (tertiary/aromatic N) is 1. The van der Waals surface area contributed by atoms with E-state index in [1.165, 1.54) is 48.1 Å². The second-order valence-electron chi connectivity index (χ2n) is 8.53. The molecular weight excluding hydrogens is 326 g/mol. The van der Waals surface area contributed by atoms with Crippen molar-refractivity contribution in [1.82, 2.24) is 4.90 Å². The fourth-order valence-electron chi connectivity index (χ4n) is 4.66. The van der Waals surface area contributed by atoms with Gasteiger partial charge in [-0.2, -0.15) is 0 Å². The van der Waals surface area contributed by atoms with Crippen LogP contribution < -0.4 is 0 Å². The molecule has 144 valence electrons. The Morgan fingerprint density at radius 1 is 1.26 bits per heavy atom. The molecule has 1 heteroatoms. The Morgan fingerprint density at radius 2 is 2.07 bits per heavy atom. The molecule has 0 saturated carbocycles. The van der Waals surface area contributed by atoms with Crippen molar-refractivity contribution >= 4 is 0 Å². The van der Waals surface area contributed by atoms with Crippen LogP contribution in [0.15, 0.2) is 60.0 Å². The maximum Gasteiger partial charge on any atom is 0.0595 e. The zero-order valence-electron chi connectivity index (χ0n) is 17.6. The lowest BCUT2D eigenvalue weighted by atomic mass is 9.93. The Balaban J connectivity index is 1.66. The fourth-order valence-corrected chi connectivity index (χ4v) is 4.66. The molecule has 1 nitrogen and oxygen atoms in total. The third-order valence-corrected chi connectivity index (χ3v) is 6.50. The third-order valence-electron chi connectivity index (χ3n) is 6.50. The van der Waals surface area contributed by atoms with Crippen LogP contribution in [0.25, 0.3) is 0 Å². The van der Waals surface area contributed by atoms with Crippen LogP contribution in [-0.2, 0) is 6.42 Å². The van der Waals surface area contributed by atoms with E-state index in [1.807, 2.05) is 0 Å². The van der Waals surface area contributed by atoms with E-state index >= 15 is 0 Å². The van der Waals surface area contributed by atoms with Gasteiger partial charge in [0.1, 0.15) is 0 Å². The highest BCUT2D eigenvalue weighted by Crippen LogP contribution is 2.35. The molecule has 3 rings (SSSR count). The molecule has 1 aliphatic heterocycles. The molecule has 3 atom stereocenters. The first kappa shape index (κ1) is 19.8. The first-order valence-corrected chi connectivity index (χ1v) is 10.6. The van der Waals surface area contributed by atoms with Crippen molar-refractivity contribution < 1.29 is 0 Å². The van der Waals surface area contributed by atoms with Gasteiger partial charge in [0, 0.05) is 18.5 Å². The average Bonchev–Trinajstić information content (AvgIpc) is 2.93. The smallest absolute Gasteiger partial charge is 0.0595 e. The van der Waals surface area contributed by atoms with Gasteiger partial charge < -0.3 is 4.90 Å². The lowest BCUT2D eigenvalue weighted by Crippen LogP contribution is -2.31. The topological polar surface area (TPSA) is 3.24 Å². The predicted octanol–water partition coefficient (Wildman–Crippen LogP) is 6.53. The SMILES string of the molecule is C=C=C1[C@@H](CCc2ccc(C)cc2C)CCN1[C@@H](C)C1=CC=CC(C)CC1. The minimum Gasteiger partial charge on any atom is -0.362 e. The summed E-state index contributed by atoms with van der Waals surface area (Å²) < 4.78 is 0. The minimum absolute atomic E-state index is 0.454. The Kier molecular flexibility index (Phi) is 6.45. The van der Waals surface area contributed by atoms with E-state index < -0.39 is 0 Å². The number of benzene rings is 1. The maximum absolute atomic E-state index is 4.05. The molecule has 1 saturated heterocycles. The van der Waals surface area contributed by atoms with Gasteiger partial charge in [-0.3, -0.25) is 0 Å². The largest absolute Gasteiger partial charge is 0.362 e. The summed E-state index contributed by atoms with van der Waals surface area (Å²) in [5.41, 5.74) is 10.5. The highest BCUT2D eigenvalue weighted by Gasteiger charge is 2.31. The Morgan fingerprint density at radius 3 is 2.81 bits per heavy atom. The first-order chi connectivity index (χ1) is 13.0. The van der Waals surface area contributed by atoms with Gasteiger partial charge in [0.25, 0.3) is 0 Å². The number of hydrogen-bond acceptors (Lipinski definition) is 1. The molecule has 1 fully saturated rings. The number of rotatable bonds is 5. The first-order valence-electron chi connectivity index (χ1n) is 10.6. The van der Waals surface area contributed by atoms with Gasteiger partial charge in [0.05, 0.1) is 5.70 Å². The molecule has 27 heavy (non-hydrogen) atoms. The van der Waals surface area contributed by atoms with Crippen LogP contribution in [0.3, 0.4) is 0 Å². The average molecular weight is 362 g/mol. The van der Waals surface area contributed by atoms with Gasteiger partial charge >= 0.3 is 0 Å². The van der Waals surface area contributed by atoms with Crippen LogP contribution in [0.5, 0.6) is 0 Å². The van der Waals surface area contributed by atoms with Crippen molar-refractivity contribution in [2.24, 2.45) is 11.8 Å². The zero-order valence-corrected chi connectivity index (χ0v) is 17.6. The summed E-state index contributed by atoms with van der Waals surface area (Å²) >= 11 is 0. The van der Waals surface area contributed by atoms with Crippen LogP contribution in [0.1, 0.15) is 56.2 Å². The third kappa shape index (κ3) is 4.66. The lowest BCUT2D eigenvalue weighted by molar-refractivity contribution is 0.327. The summed E-state index contributed by atoms with van der Waals surface area (Å²) in [4.78, 5) is 2.56. The summed E-state index contributed by atoms with van der Waals surface area (Å²) in [5, 5.41) is 0. The highest BCUT2D eigenvalue weighted by atomic mass is 15.2. The van der Waals surface area contributed by atoms with E-state index in [9.17, 15) is 0 Å². The monoisotopic (exact) mass is 361 g/mol. The van der Waals surface area contributed by atoms with Gasteiger partial charge in [-0.05, 0) is 75.5 Å². The van der Waals surface area contributed by atoms with E-state index in [0.717, 1.165) is 13.0 Å². The van der Waals surface area contributed by atoms with Gasteiger partial charge in [-0.1, -0.05) is 55.5 Å². The van der Waals surface area contributed by atoms with Crippen LogP contribution >= 0.6 is 0 Å². The van der Waals surface area contributed by atoms with Gasteiger partial charge in [-0.15, -0.1) is 5.73 Å². The second kappa shape index (κ2) is 8.81. The van der Waals surface area contributed by atoms with Crippen molar-refractivity contribution in [3.05, 3.63) is 76.7 Å². The standard InChI is InChI=1S/C26H35N/c1-6-26-25(15-14-23-12-11-20(3)18-21(23)4)16-17-27(26)22(5)24-9-7-8-19(2)10-13-24/h7-9,11-12,18-19,22,25H,1,10,13-17H2,2-5H3/t19?,22-,25-/m0/s1. The molecule has 1 aromatic carbocycles.